The van der Waals surface area contributed by atoms with E-state index in [-0.39, 0.29) is 24.5 Å². The van der Waals surface area contributed by atoms with Crippen LogP contribution in [0, 0.1) is 5.92 Å². The van der Waals surface area contributed by atoms with Crippen LogP contribution in [0.5, 0.6) is 0 Å². The van der Waals surface area contributed by atoms with Gasteiger partial charge >= 0.3 is 6.03 Å². The van der Waals surface area contributed by atoms with Crippen molar-refractivity contribution in [1.82, 2.24) is 15.1 Å². The molecule has 1 N–H and O–H groups in total. The van der Waals surface area contributed by atoms with Crippen LogP contribution >= 0.6 is 11.3 Å². The minimum atomic E-state index is -0.172. The number of nitrogens with zero attached hydrogens (tertiary/aromatic N) is 2. The quantitative estimate of drug-likeness (QED) is 0.801. The molecule has 28 heavy (non-hydrogen) atoms. The molecule has 5 nitrogen and oxygen atoms in total. The number of thiophene rings is 1. The van der Waals surface area contributed by atoms with Crippen LogP contribution in [0.25, 0.3) is 0 Å². The lowest BCUT2D eigenvalue weighted by Gasteiger charge is -2.37. The molecule has 6 heteroatoms. The lowest BCUT2D eigenvalue weighted by Crippen LogP contribution is -2.50. The Labute approximate surface area is 171 Å². The second-order valence-electron chi connectivity index (χ2n) is 7.56. The van der Waals surface area contributed by atoms with Crippen molar-refractivity contribution in [3.8, 4) is 0 Å². The number of carbonyl (C=O) groups excluding carboxylic acids is 2. The van der Waals surface area contributed by atoms with Gasteiger partial charge in [0.05, 0.1) is 6.04 Å². The third kappa shape index (κ3) is 4.55. The van der Waals surface area contributed by atoms with Crippen molar-refractivity contribution in [2.24, 2.45) is 5.92 Å². The first-order valence-electron chi connectivity index (χ1n) is 9.94. The van der Waals surface area contributed by atoms with E-state index in [2.05, 4.69) is 42.7 Å². The summed E-state index contributed by atoms with van der Waals surface area (Å²) in [5.74, 6) is 0.294. The summed E-state index contributed by atoms with van der Waals surface area (Å²) in [7, 11) is 0. The fraction of sp³-hybridized carbons (Fsp3) is 0.455. The topological polar surface area (TPSA) is 52.7 Å². The Kier molecular flexibility index (Phi) is 6.73. The van der Waals surface area contributed by atoms with Crippen LogP contribution in [-0.2, 0) is 11.2 Å². The van der Waals surface area contributed by atoms with E-state index in [9.17, 15) is 9.59 Å². The predicted octanol–water partition coefficient (Wildman–Crippen LogP) is 3.91. The van der Waals surface area contributed by atoms with Crippen LogP contribution in [0.2, 0.25) is 0 Å². The van der Waals surface area contributed by atoms with Gasteiger partial charge in [0.1, 0.15) is 6.54 Å². The molecule has 150 valence electrons. The molecule has 1 unspecified atom stereocenters. The summed E-state index contributed by atoms with van der Waals surface area (Å²) in [6.07, 6.45) is 0.868. The summed E-state index contributed by atoms with van der Waals surface area (Å²) in [4.78, 5) is 30.7. The van der Waals surface area contributed by atoms with E-state index in [1.165, 1.54) is 10.4 Å². The highest BCUT2D eigenvalue weighted by Gasteiger charge is 2.33. The fourth-order valence-corrected chi connectivity index (χ4v) is 4.66. The van der Waals surface area contributed by atoms with Crippen molar-refractivity contribution in [1.29, 1.82) is 0 Å². The highest BCUT2D eigenvalue weighted by atomic mass is 32.1. The summed E-state index contributed by atoms with van der Waals surface area (Å²) in [6.45, 7) is 7.90. The number of fused-ring (bicyclic) bond motifs is 1. The second-order valence-corrected chi connectivity index (χ2v) is 8.56. The minimum absolute atomic E-state index is 0.00222. The van der Waals surface area contributed by atoms with Gasteiger partial charge in [0.25, 0.3) is 0 Å². The monoisotopic (exact) mass is 399 g/mol. The van der Waals surface area contributed by atoms with Gasteiger partial charge in [-0.15, -0.1) is 11.3 Å². The minimum Gasteiger partial charge on any atom is -0.338 e. The Balaban J connectivity index is 1.85. The lowest BCUT2D eigenvalue weighted by atomic mass is 9.93. The van der Waals surface area contributed by atoms with Crippen molar-refractivity contribution in [2.45, 2.75) is 33.2 Å². The molecule has 1 aromatic heterocycles. The standard InChI is InChI=1S/C22H29N3O2S/c1-4-23-22(27)24(14-16(2)3)15-20(26)25-12-10-19-18(11-13-28-19)21(25)17-8-6-5-7-9-17/h5-9,11,13,16,21H,4,10,12,14-15H2,1-3H3,(H,23,27). The number of rotatable bonds is 6. The summed E-state index contributed by atoms with van der Waals surface area (Å²) in [5.41, 5.74) is 2.33. The largest absolute Gasteiger partial charge is 0.338 e. The van der Waals surface area contributed by atoms with Crippen LogP contribution in [-0.4, -0.2) is 47.9 Å². The van der Waals surface area contributed by atoms with Gasteiger partial charge in [0.2, 0.25) is 5.91 Å². The van der Waals surface area contributed by atoms with Crippen LogP contribution < -0.4 is 5.32 Å². The molecule has 0 radical (unpaired) electrons. The highest BCUT2D eigenvalue weighted by Crippen LogP contribution is 2.37. The molecule has 3 amide bonds. The summed E-state index contributed by atoms with van der Waals surface area (Å²) < 4.78 is 0. The SMILES string of the molecule is CCNC(=O)N(CC(=O)N1CCc2sccc2C1c1ccccc1)CC(C)C. The molecular formula is C22H29N3O2S. The van der Waals surface area contributed by atoms with Crippen molar-refractivity contribution < 1.29 is 9.59 Å². The van der Waals surface area contributed by atoms with Gasteiger partial charge in [0, 0.05) is 24.5 Å². The van der Waals surface area contributed by atoms with Gasteiger partial charge in [-0.1, -0.05) is 44.2 Å². The molecule has 2 aromatic rings. The zero-order valence-electron chi connectivity index (χ0n) is 16.9. The maximum absolute atomic E-state index is 13.3. The summed E-state index contributed by atoms with van der Waals surface area (Å²) in [5, 5.41) is 4.94. The molecule has 1 aliphatic rings. The second kappa shape index (κ2) is 9.24. The number of nitrogens with one attached hydrogen (secondary N) is 1. The Morgan fingerprint density at radius 3 is 2.68 bits per heavy atom. The number of amides is 3. The summed E-state index contributed by atoms with van der Waals surface area (Å²) >= 11 is 1.76. The van der Waals surface area contributed by atoms with Gasteiger partial charge in [-0.2, -0.15) is 0 Å². The average molecular weight is 400 g/mol. The van der Waals surface area contributed by atoms with E-state index in [1.807, 2.05) is 30.0 Å². The molecule has 0 spiro atoms. The average Bonchev–Trinajstić information content (AvgIpc) is 3.16. The Morgan fingerprint density at radius 2 is 2.00 bits per heavy atom. The van der Waals surface area contributed by atoms with E-state index < -0.39 is 0 Å². The molecule has 0 saturated heterocycles. The van der Waals surface area contributed by atoms with Gasteiger partial charge in [-0.25, -0.2) is 4.79 Å². The molecule has 0 saturated carbocycles. The smallest absolute Gasteiger partial charge is 0.317 e. The normalized spacial score (nSPS) is 16.0. The molecule has 3 rings (SSSR count). The first-order chi connectivity index (χ1) is 13.5. The lowest BCUT2D eigenvalue weighted by molar-refractivity contribution is -0.134. The van der Waals surface area contributed by atoms with Gasteiger partial charge in [0.15, 0.2) is 0 Å². The Bertz CT molecular complexity index is 803. The van der Waals surface area contributed by atoms with E-state index >= 15 is 0 Å². The molecule has 1 atom stereocenters. The molecule has 0 bridgehead atoms. The zero-order chi connectivity index (χ0) is 20.1. The molecule has 0 aliphatic carbocycles. The first kappa shape index (κ1) is 20.4. The number of carbonyl (C=O) groups is 2. The van der Waals surface area contributed by atoms with E-state index in [0.29, 0.717) is 25.6 Å². The number of urea groups is 1. The maximum Gasteiger partial charge on any atom is 0.317 e. The van der Waals surface area contributed by atoms with Crippen LogP contribution in [0.15, 0.2) is 41.8 Å². The Hall–Kier alpha value is -2.34. The van der Waals surface area contributed by atoms with Crippen LogP contribution in [0.3, 0.4) is 0 Å². The molecular weight excluding hydrogens is 370 g/mol. The zero-order valence-corrected chi connectivity index (χ0v) is 17.7. The van der Waals surface area contributed by atoms with Crippen molar-refractivity contribution in [2.75, 3.05) is 26.2 Å². The van der Waals surface area contributed by atoms with Crippen LogP contribution in [0.4, 0.5) is 4.79 Å². The van der Waals surface area contributed by atoms with Crippen molar-refractivity contribution in [3.63, 3.8) is 0 Å². The summed E-state index contributed by atoms with van der Waals surface area (Å²) in [6, 6.07) is 12.0. The number of hydrogen-bond acceptors (Lipinski definition) is 3. The molecule has 2 heterocycles. The van der Waals surface area contributed by atoms with Crippen molar-refractivity contribution >= 4 is 23.3 Å². The highest BCUT2D eigenvalue weighted by molar-refractivity contribution is 7.10. The fourth-order valence-electron chi connectivity index (χ4n) is 3.76. The predicted molar refractivity (Wildman–Crippen MR) is 114 cm³/mol. The first-order valence-corrected chi connectivity index (χ1v) is 10.8. The van der Waals surface area contributed by atoms with E-state index in [4.69, 9.17) is 0 Å². The van der Waals surface area contributed by atoms with Gasteiger partial charge < -0.3 is 15.1 Å². The number of hydrogen-bond donors (Lipinski definition) is 1. The van der Waals surface area contributed by atoms with Gasteiger partial charge in [-0.05, 0) is 41.8 Å². The van der Waals surface area contributed by atoms with E-state index in [0.717, 1.165) is 12.0 Å². The molecule has 1 aliphatic heterocycles. The van der Waals surface area contributed by atoms with Crippen molar-refractivity contribution in [3.05, 3.63) is 57.8 Å². The van der Waals surface area contributed by atoms with E-state index in [1.54, 1.807) is 16.2 Å². The Morgan fingerprint density at radius 1 is 1.25 bits per heavy atom. The van der Waals surface area contributed by atoms with Crippen LogP contribution in [0.1, 0.15) is 42.8 Å². The number of benzene rings is 1. The third-order valence-electron chi connectivity index (χ3n) is 4.93. The van der Waals surface area contributed by atoms with Gasteiger partial charge in [-0.3, -0.25) is 4.79 Å². The molecule has 0 fully saturated rings. The maximum atomic E-state index is 13.3. The molecule has 1 aromatic carbocycles. The third-order valence-corrected chi connectivity index (χ3v) is 5.92.